The first-order chi connectivity index (χ1) is 17.9. The van der Waals surface area contributed by atoms with Gasteiger partial charge in [0, 0.05) is 42.2 Å². The maximum Gasteiger partial charge on any atom is 0.235 e. The van der Waals surface area contributed by atoms with Crippen LogP contribution in [0.2, 0.25) is 5.02 Å². The van der Waals surface area contributed by atoms with Gasteiger partial charge in [0.05, 0.1) is 12.1 Å². The summed E-state index contributed by atoms with van der Waals surface area (Å²) in [5.74, 6) is 1.78. The summed E-state index contributed by atoms with van der Waals surface area (Å²) in [6.45, 7) is 3.96. The van der Waals surface area contributed by atoms with Crippen molar-refractivity contribution >= 4 is 22.6 Å². The SMILES string of the molecule is CC(F)Oc1cccc2c1nc(CN1CCC(c3cccc(OCc4ccc(Cl)cc4F)n3)CC1)n2C. The molecule has 4 aromatic rings. The Bertz CT molecular complexity index is 1390. The van der Waals surface area contributed by atoms with Crippen LogP contribution in [0.25, 0.3) is 11.0 Å². The second-order valence-corrected chi connectivity index (χ2v) is 9.78. The lowest BCUT2D eigenvalue weighted by atomic mass is 9.93. The molecule has 0 radical (unpaired) electrons. The summed E-state index contributed by atoms with van der Waals surface area (Å²) in [5, 5.41) is 0.356. The number of para-hydroxylation sites is 1. The van der Waals surface area contributed by atoms with Gasteiger partial charge in [-0.3, -0.25) is 4.90 Å². The van der Waals surface area contributed by atoms with Crippen LogP contribution < -0.4 is 9.47 Å². The standard InChI is InChI=1S/C28H29ClF2N4O2/c1-18(30)37-25-7-4-6-24-28(25)33-26(34(24)2)16-35-13-11-19(12-14-35)23-5-3-8-27(32-23)36-17-20-9-10-21(29)15-22(20)31/h3-10,15,18-19H,11-14,16-17H2,1-2H3. The van der Waals surface area contributed by atoms with E-state index in [9.17, 15) is 8.78 Å². The molecule has 1 saturated heterocycles. The van der Waals surface area contributed by atoms with Gasteiger partial charge in [-0.25, -0.2) is 18.7 Å². The highest BCUT2D eigenvalue weighted by Gasteiger charge is 2.24. The number of alkyl halides is 1. The van der Waals surface area contributed by atoms with Crippen molar-refractivity contribution < 1.29 is 18.3 Å². The zero-order chi connectivity index (χ0) is 25.9. The Kier molecular flexibility index (Phi) is 7.58. The van der Waals surface area contributed by atoms with Crippen LogP contribution in [-0.2, 0) is 20.2 Å². The highest BCUT2D eigenvalue weighted by molar-refractivity contribution is 6.30. The van der Waals surface area contributed by atoms with Crippen molar-refractivity contribution in [2.45, 2.75) is 45.2 Å². The Hall–Kier alpha value is -3.23. The quantitative estimate of drug-likeness (QED) is 0.265. The van der Waals surface area contributed by atoms with Gasteiger partial charge in [0.15, 0.2) is 5.75 Å². The van der Waals surface area contributed by atoms with Crippen LogP contribution in [0.3, 0.4) is 0 Å². The molecule has 1 fully saturated rings. The Morgan fingerprint density at radius 3 is 2.62 bits per heavy atom. The third-order valence-corrected chi connectivity index (χ3v) is 7.00. The van der Waals surface area contributed by atoms with Crippen LogP contribution in [0.4, 0.5) is 8.78 Å². The molecule has 1 unspecified atom stereocenters. The van der Waals surface area contributed by atoms with E-state index in [-0.39, 0.29) is 6.61 Å². The Balaban J connectivity index is 1.20. The summed E-state index contributed by atoms with van der Waals surface area (Å²) in [4.78, 5) is 11.8. The molecule has 6 nitrogen and oxygen atoms in total. The molecule has 0 N–H and O–H groups in total. The van der Waals surface area contributed by atoms with Crippen molar-refractivity contribution in [3.05, 3.63) is 82.5 Å². The van der Waals surface area contributed by atoms with Crippen LogP contribution in [0.1, 0.15) is 42.8 Å². The second-order valence-electron chi connectivity index (χ2n) is 9.35. The number of hydrogen-bond acceptors (Lipinski definition) is 5. The third-order valence-electron chi connectivity index (χ3n) is 6.76. The first-order valence-electron chi connectivity index (χ1n) is 12.4. The molecule has 2 aromatic heterocycles. The van der Waals surface area contributed by atoms with Gasteiger partial charge in [0.1, 0.15) is 23.8 Å². The van der Waals surface area contributed by atoms with E-state index < -0.39 is 12.2 Å². The number of ether oxygens (including phenoxy) is 2. The summed E-state index contributed by atoms with van der Waals surface area (Å²) in [6, 6.07) is 15.9. The number of aryl methyl sites for hydroxylation is 1. The number of fused-ring (bicyclic) bond motifs is 1. The molecular formula is C28H29ClF2N4O2. The van der Waals surface area contributed by atoms with E-state index in [2.05, 4.69) is 4.90 Å². The van der Waals surface area contributed by atoms with Crippen molar-refractivity contribution in [1.29, 1.82) is 0 Å². The summed E-state index contributed by atoms with van der Waals surface area (Å²) in [5.41, 5.74) is 3.02. The fourth-order valence-electron chi connectivity index (χ4n) is 4.76. The Morgan fingerprint density at radius 1 is 1.08 bits per heavy atom. The molecule has 1 aliphatic rings. The van der Waals surface area contributed by atoms with Gasteiger partial charge in [-0.15, -0.1) is 0 Å². The average molecular weight is 527 g/mol. The molecule has 0 bridgehead atoms. The molecular weight excluding hydrogens is 498 g/mol. The summed E-state index contributed by atoms with van der Waals surface area (Å²) in [7, 11) is 1.98. The van der Waals surface area contributed by atoms with Crippen molar-refractivity contribution in [3.8, 4) is 11.6 Å². The molecule has 3 heterocycles. The van der Waals surface area contributed by atoms with Crippen LogP contribution >= 0.6 is 11.6 Å². The number of aromatic nitrogens is 3. The Morgan fingerprint density at radius 2 is 1.86 bits per heavy atom. The number of piperidine rings is 1. The lowest BCUT2D eigenvalue weighted by molar-refractivity contribution is 0.0875. The van der Waals surface area contributed by atoms with Crippen LogP contribution in [0.5, 0.6) is 11.6 Å². The van der Waals surface area contributed by atoms with Crippen molar-refractivity contribution in [1.82, 2.24) is 19.4 Å². The lowest BCUT2D eigenvalue weighted by Gasteiger charge is -2.31. The molecule has 5 rings (SSSR count). The second kappa shape index (κ2) is 11.0. The maximum atomic E-state index is 14.1. The first kappa shape index (κ1) is 25.4. The number of nitrogens with zero attached hydrogens (tertiary/aromatic N) is 4. The number of pyridine rings is 1. The molecule has 9 heteroatoms. The highest BCUT2D eigenvalue weighted by Crippen LogP contribution is 2.30. The topological polar surface area (TPSA) is 52.4 Å². The smallest absolute Gasteiger partial charge is 0.235 e. The number of halogens is 3. The van der Waals surface area contributed by atoms with Gasteiger partial charge in [0.2, 0.25) is 12.2 Å². The molecule has 1 aliphatic heterocycles. The molecule has 0 saturated carbocycles. The minimum absolute atomic E-state index is 0.0902. The minimum Gasteiger partial charge on any atom is -0.473 e. The van der Waals surface area contributed by atoms with Gasteiger partial charge in [-0.05, 0) is 56.3 Å². The molecule has 0 spiro atoms. The van der Waals surface area contributed by atoms with Crippen LogP contribution in [0, 0.1) is 5.82 Å². The van der Waals surface area contributed by atoms with Gasteiger partial charge < -0.3 is 14.0 Å². The van der Waals surface area contributed by atoms with E-state index in [0.29, 0.717) is 40.2 Å². The van der Waals surface area contributed by atoms with Gasteiger partial charge in [-0.1, -0.05) is 29.8 Å². The predicted octanol–water partition coefficient (Wildman–Crippen LogP) is 6.41. The zero-order valence-electron chi connectivity index (χ0n) is 20.8. The first-order valence-corrected chi connectivity index (χ1v) is 12.8. The summed E-state index contributed by atoms with van der Waals surface area (Å²) in [6.07, 6.45) is 0.520. The molecule has 0 aliphatic carbocycles. The van der Waals surface area contributed by atoms with E-state index in [1.807, 2.05) is 35.9 Å². The number of rotatable bonds is 8. The van der Waals surface area contributed by atoms with Crippen LogP contribution in [-0.4, -0.2) is 38.9 Å². The summed E-state index contributed by atoms with van der Waals surface area (Å²) >= 11 is 5.83. The van der Waals surface area contributed by atoms with E-state index in [4.69, 9.17) is 31.0 Å². The molecule has 194 valence electrons. The zero-order valence-corrected chi connectivity index (χ0v) is 21.6. The fraction of sp³-hybridized carbons (Fsp3) is 0.357. The van der Waals surface area contributed by atoms with Crippen molar-refractivity contribution in [2.75, 3.05) is 13.1 Å². The van der Waals surface area contributed by atoms with E-state index in [0.717, 1.165) is 43.0 Å². The van der Waals surface area contributed by atoms with E-state index >= 15 is 0 Å². The van der Waals surface area contributed by atoms with Crippen molar-refractivity contribution in [3.63, 3.8) is 0 Å². The van der Waals surface area contributed by atoms with Crippen LogP contribution in [0.15, 0.2) is 54.6 Å². The molecule has 2 aromatic carbocycles. The third kappa shape index (κ3) is 5.86. The van der Waals surface area contributed by atoms with Crippen molar-refractivity contribution in [2.24, 2.45) is 7.05 Å². The number of imidazole rings is 1. The average Bonchev–Trinajstić information content (AvgIpc) is 3.20. The monoisotopic (exact) mass is 526 g/mol. The van der Waals surface area contributed by atoms with E-state index in [1.165, 1.54) is 13.0 Å². The normalized spacial score (nSPS) is 15.7. The predicted molar refractivity (Wildman–Crippen MR) is 139 cm³/mol. The highest BCUT2D eigenvalue weighted by atomic mass is 35.5. The lowest BCUT2D eigenvalue weighted by Crippen LogP contribution is -2.33. The molecule has 0 amide bonds. The maximum absolute atomic E-state index is 14.1. The number of likely N-dealkylation sites (tertiary alicyclic amines) is 1. The fourth-order valence-corrected chi connectivity index (χ4v) is 4.92. The number of benzene rings is 2. The van der Waals surface area contributed by atoms with Gasteiger partial charge in [-0.2, -0.15) is 0 Å². The molecule has 37 heavy (non-hydrogen) atoms. The summed E-state index contributed by atoms with van der Waals surface area (Å²) < 4.78 is 40.6. The largest absolute Gasteiger partial charge is 0.473 e. The van der Waals surface area contributed by atoms with Gasteiger partial charge >= 0.3 is 0 Å². The molecule has 1 atom stereocenters. The Labute approximate surface area is 219 Å². The number of hydrogen-bond donors (Lipinski definition) is 0. The van der Waals surface area contributed by atoms with Gasteiger partial charge in [0.25, 0.3) is 0 Å². The minimum atomic E-state index is -1.40. The van der Waals surface area contributed by atoms with E-state index in [1.54, 1.807) is 24.3 Å².